The van der Waals surface area contributed by atoms with E-state index in [2.05, 4.69) is 82.7 Å². The van der Waals surface area contributed by atoms with E-state index >= 15 is 0 Å². The molecule has 2 aromatic heterocycles. The Balaban J connectivity index is 2.36. The third-order valence-electron chi connectivity index (χ3n) is 8.30. The van der Waals surface area contributed by atoms with Crippen LogP contribution in [0.1, 0.15) is 46.9 Å². The number of methoxy groups -OCH3 is 1. The van der Waals surface area contributed by atoms with Crippen molar-refractivity contribution in [3.8, 4) is 0 Å². The SMILES string of the molecule is COC(=O)[C@]1(C(N)=O)S[C@@H](n2cnc3c(N)nc(Cl)nc32)[C@H](O[Si](C)(C)C(C)(C)C)[C@@H]1O[Si](C)(C)C(C)(C)C. The van der Waals surface area contributed by atoms with Crippen LogP contribution in [0.2, 0.25) is 41.5 Å². The van der Waals surface area contributed by atoms with E-state index in [1.807, 2.05) is 0 Å². The molecule has 1 amide bonds. The van der Waals surface area contributed by atoms with Crippen molar-refractivity contribution in [1.82, 2.24) is 19.5 Å². The number of carbonyl (C=O) groups excluding carboxylic acids is 2. The molecule has 0 unspecified atom stereocenters. The number of nitrogens with zero attached hydrogens (tertiary/aromatic N) is 4. The number of carbonyl (C=O) groups is 2. The van der Waals surface area contributed by atoms with Crippen LogP contribution in [0.3, 0.4) is 0 Å². The van der Waals surface area contributed by atoms with Gasteiger partial charge in [0, 0.05) is 0 Å². The standard InChI is InChI=1S/C24H41ClN6O5SSi2/c1-22(2,3)38(8,9)35-14-15(36-39(10,11)23(4,5)6)24(19(27)32,20(33)34-7)37-18(14)31-12-28-13-16(26)29-21(25)30-17(13)31/h12,14-15,18H,1-11H3,(H2,27,32)(H2,26,29,30)/t14-,15+,18-,24+/m1/s1. The third kappa shape index (κ3) is 5.47. The molecule has 39 heavy (non-hydrogen) atoms. The molecule has 0 saturated carbocycles. The molecule has 3 heterocycles. The predicted molar refractivity (Wildman–Crippen MR) is 159 cm³/mol. The zero-order valence-corrected chi connectivity index (χ0v) is 28.2. The Kier molecular flexibility index (Phi) is 8.38. The fourth-order valence-electron chi connectivity index (χ4n) is 3.91. The van der Waals surface area contributed by atoms with E-state index in [1.165, 1.54) is 13.4 Å². The quantitative estimate of drug-likeness (QED) is 0.196. The lowest BCUT2D eigenvalue weighted by Gasteiger charge is -2.45. The summed E-state index contributed by atoms with van der Waals surface area (Å²) in [5.41, 5.74) is 12.8. The maximum absolute atomic E-state index is 13.6. The molecule has 0 aromatic carbocycles. The second-order valence-corrected chi connectivity index (χ2v) is 24.2. The van der Waals surface area contributed by atoms with Gasteiger partial charge in [-0.15, -0.1) is 11.8 Å². The van der Waals surface area contributed by atoms with Gasteiger partial charge in [0.25, 0.3) is 0 Å². The Hall–Kier alpha value is -1.72. The number of aromatic nitrogens is 4. The zero-order valence-electron chi connectivity index (χ0n) is 24.6. The maximum Gasteiger partial charge on any atom is 0.334 e. The lowest BCUT2D eigenvalue weighted by molar-refractivity contribution is -0.152. The van der Waals surface area contributed by atoms with Crippen molar-refractivity contribution in [2.45, 2.75) is 100 Å². The number of hydrogen-bond acceptors (Lipinski definition) is 10. The summed E-state index contributed by atoms with van der Waals surface area (Å²) in [5.74, 6) is -1.56. The smallest absolute Gasteiger partial charge is 0.334 e. The van der Waals surface area contributed by atoms with Crippen molar-refractivity contribution in [3.05, 3.63) is 11.6 Å². The monoisotopic (exact) mass is 616 g/mol. The number of nitrogens with two attached hydrogens (primary N) is 2. The number of anilines is 1. The topological polar surface area (TPSA) is 157 Å². The number of halogens is 1. The molecule has 3 rings (SSSR count). The van der Waals surface area contributed by atoms with E-state index in [1.54, 1.807) is 4.57 Å². The third-order valence-corrected chi connectivity index (χ3v) is 19.1. The van der Waals surface area contributed by atoms with Crippen LogP contribution in [0.5, 0.6) is 0 Å². The molecular formula is C24H41ClN6O5SSi2. The van der Waals surface area contributed by atoms with E-state index in [0.29, 0.717) is 11.2 Å². The summed E-state index contributed by atoms with van der Waals surface area (Å²) in [7, 11) is -3.89. The summed E-state index contributed by atoms with van der Waals surface area (Å²) in [6.45, 7) is 20.9. The van der Waals surface area contributed by atoms with Gasteiger partial charge < -0.3 is 25.1 Å². The fourth-order valence-corrected chi connectivity index (χ4v) is 8.45. The summed E-state index contributed by atoms with van der Waals surface area (Å²) in [6, 6.07) is 0. The number of ether oxygens (including phenoxy) is 1. The Labute approximate surface area is 241 Å². The molecule has 15 heteroatoms. The Morgan fingerprint density at radius 3 is 2.08 bits per heavy atom. The van der Waals surface area contributed by atoms with Gasteiger partial charge in [0.15, 0.2) is 28.1 Å². The molecule has 1 saturated heterocycles. The Morgan fingerprint density at radius 2 is 1.59 bits per heavy atom. The van der Waals surface area contributed by atoms with Gasteiger partial charge in [-0.3, -0.25) is 9.36 Å². The molecule has 11 nitrogen and oxygen atoms in total. The van der Waals surface area contributed by atoms with Crippen molar-refractivity contribution < 1.29 is 23.2 Å². The van der Waals surface area contributed by atoms with Crippen LogP contribution >= 0.6 is 23.4 Å². The highest BCUT2D eigenvalue weighted by Crippen LogP contribution is 2.56. The molecule has 0 spiro atoms. The second-order valence-electron chi connectivity index (χ2n) is 12.9. The molecule has 4 atom stereocenters. The number of amides is 1. The van der Waals surface area contributed by atoms with Crippen LogP contribution in [-0.2, 0) is 23.2 Å². The first-order chi connectivity index (χ1) is 17.6. The van der Waals surface area contributed by atoms with Crippen molar-refractivity contribution in [2.24, 2.45) is 5.73 Å². The minimum Gasteiger partial charge on any atom is -0.468 e. The summed E-state index contributed by atoms with van der Waals surface area (Å²) >= 11 is 7.19. The molecule has 0 radical (unpaired) electrons. The van der Waals surface area contributed by atoms with Gasteiger partial charge in [-0.1, -0.05) is 41.5 Å². The van der Waals surface area contributed by atoms with E-state index in [4.69, 9.17) is 36.7 Å². The van der Waals surface area contributed by atoms with Crippen LogP contribution in [0.15, 0.2) is 6.33 Å². The number of esters is 1. The predicted octanol–water partition coefficient (Wildman–Crippen LogP) is 4.49. The van der Waals surface area contributed by atoms with Crippen LogP contribution in [0.25, 0.3) is 11.2 Å². The molecule has 0 aliphatic carbocycles. The number of thioether (sulfide) groups is 1. The average Bonchev–Trinajstić information content (AvgIpc) is 3.31. The molecule has 1 aliphatic rings. The molecule has 0 bridgehead atoms. The van der Waals surface area contributed by atoms with Gasteiger partial charge in [-0.2, -0.15) is 9.97 Å². The minimum atomic E-state index is -2.60. The summed E-state index contributed by atoms with van der Waals surface area (Å²) in [4.78, 5) is 39.7. The van der Waals surface area contributed by atoms with Gasteiger partial charge in [-0.05, 0) is 47.9 Å². The minimum absolute atomic E-state index is 0.0604. The maximum atomic E-state index is 13.6. The number of fused-ring (bicyclic) bond motifs is 1. The number of imidazole rings is 1. The van der Waals surface area contributed by atoms with Crippen LogP contribution in [-0.4, -0.2) is 72.1 Å². The number of hydrogen-bond donors (Lipinski definition) is 2. The summed E-state index contributed by atoms with van der Waals surface area (Å²) in [5, 5.41) is -1.21. The van der Waals surface area contributed by atoms with Gasteiger partial charge in [0.1, 0.15) is 23.1 Å². The van der Waals surface area contributed by atoms with E-state index in [0.717, 1.165) is 11.8 Å². The van der Waals surface area contributed by atoms with Gasteiger partial charge >= 0.3 is 5.97 Å². The van der Waals surface area contributed by atoms with E-state index in [9.17, 15) is 9.59 Å². The molecule has 2 aromatic rings. The van der Waals surface area contributed by atoms with Crippen molar-refractivity contribution in [3.63, 3.8) is 0 Å². The number of rotatable bonds is 7. The van der Waals surface area contributed by atoms with Crippen molar-refractivity contribution >= 4 is 68.9 Å². The van der Waals surface area contributed by atoms with Crippen LogP contribution < -0.4 is 11.5 Å². The van der Waals surface area contributed by atoms with Gasteiger partial charge in [0.2, 0.25) is 15.9 Å². The molecular weight excluding hydrogens is 576 g/mol. The average molecular weight is 617 g/mol. The first-order valence-electron chi connectivity index (χ1n) is 12.7. The number of primary amides is 1. The highest BCUT2D eigenvalue weighted by Gasteiger charge is 2.68. The fraction of sp³-hybridized carbons (Fsp3) is 0.708. The van der Waals surface area contributed by atoms with Crippen molar-refractivity contribution in [2.75, 3.05) is 12.8 Å². The second kappa shape index (κ2) is 10.3. The van der Waals surface area contributed by atoms with Crippen LogP contribution in [0.4, 0.5) is 5.82 Å². The molecule has 1 aliphatic heterocycles. The Morgan fingerprint density at radius 1 is 1.05 bits per heavy atom. The first kappa shape index (κ1) is 31.8. The lowest BCUT2D eigenvalue weighted by atomic mass is 9.96. The highest BCUT2D eigenvalue weighted by molar-refractivity contribution is 8.02. The summed E-state index contributed by atoms with van der Waals surface area (Å²) in [6.07, 6.45) is -0.327. The Bertz CT molecular complexity index is 1280. The molecule has 218 valence electrons. The van der Waals surface area contributed by atoms with Crippen molar-refractivity contribution in [1.29, 1.82) is 0 Å². The molecule has 4 N–H and O–H groups in total. The summed E-state index contributed by atoms with van der Waals surface area (Å²) < 4.78 is 19.0. The van der Waals surface area contributed by atoms with E-state index in [-0.39, 0.29) is 21.2 Å². The van der Waals surface area contributed by atoms with Crippen LogP contribution in [0, 0.1) is 0 Å². The lowest BCUT2D eigenvalue weighted by Crippen LogP contribution is -2.62. The first-order valence-corrected chi connectivity index (χ1v) is 19.8. The number of nitrogen functional groups attached to an aromatic ring is 1. The normalized spacial score (nSPS) is 24.8. The highest BCUT2D eigenvalue weighted by atomic mass is 35.5. The van der Waals surface area contributed by atoms with Gasteiger partial charge in [-0.25, -0.2) is 9.78 Å². The van der Waals surface area contributed by atoms with Gasteiger partial charge in [0.05, 0.1) is 13.4 Å². The molecule has 1 fully saturated rings. The largest absolute Gasteiger partial charge is 0.468 e. The zero-order chi connectivity index (χ0) is 29.9. The van der Waals surface area contributed by atoms with E-state index < -0.39 is 50.8 Å².